The third-order valence-corrected chi connectivity index (χ3v) is 5.80. The number of unbranched alkanes of at least 4 members (excludes halogenated alkanes) is 4. The molecule has 0 aliphatic carbocycles. The van der Waals surface area contributed by atoms with E-state index in [4.69, 9.17) is 9.47 Å². The van der Waals surface area contributed by atoms with Crippen LogP contribution < -0.4 is 14.8 Å². The van der Waals surface area contributed by atoms with Crippen molar-refractivity contribution in [3.63, 3.8) is 0 Å². The second kappa shape index (κ2) is 11.4. The fraction of sp³-hybridized carbons (Fsp3) is 0.696. The molecule has 0 aromatic heterocycles. The van der Waals surface area contributed by atoms with Crippen molar-refractivity contribution in [2.24, 2.45) is 0 Å². The number of fused-ring (bicyclic) bond motifs is 1. The number of hydrogen-bond donors (Lipinski definition) is 2. The molecule has 1 amide bonds. The Balaban J connectivity index is 1.61. The van der Waals surface area contributed by atoms with E-state index in [0.717, 1.165) is 31.5 Å². The number of rotatable bonds is 11. The van der Waals surface area contributed by atoms with E-state index in [2.05, 4.69) is 17.1 Å². The summed E-state index contributed by atoms with van der Waals surface area (Å²) in [5.74, 6) is 1.40. The van der Waals surface area contributed by atoms with Gasteiger partial charge in [0.2, 0.25) is 5.91 Å². The van der Waals surface area contributed by atoms with Crippen molar-refractivity contribution in [1.29, 1.82) is 0 Å². The van der Waals surface area contributed by atoms with Crippen LogP contribution >= 0.6 is 0 Å². The fourth-order valence-corrected chi connectivity index (χ4v) is 4.11. The van der Waals surface area contributed by atoms with Gasteiger partial charge in [0.05, 0.1) is 6.04 Å². The summed E-state index contributed by atoms with van der Waals surface area (Å²) < 4.78 is 11.2. The highest BCUT2D eigenvalue weighted by molar-refractivity contribution is 5.76. The van der Waals surface area contributed by atoms with E-state index in [1.165, 1.54) is 32.1 Å². The first-order chi connectivity index (χ1) is 14.2. The van der Waals surface area contributed by atoms with Gasteiger partial charge in [0.25, 0.3) is 0 Å². The van der Waals surface area contributed by atoms with E-state index < -0.39 is 6.10 Å². The molecule has 0 spiro atoms. The minimum absolute atomic E-state index is 0.0299. The van der Waals surface area contributed by atoms with Gasteiger partial charge in [-0.1, -0.05) is 38.7 Å². The van der Waals surface area contributed by atoms with Crippen molar-refractivity contribution in [2.75, 3.05) is 32.8 Å². The predicted octanol–water partition coefficient (Wildman–Crippen LogP) is 3.43. The molecule has 0 unspecified atom stereocenters. The van der Waals surface area contributed by atoms with Crippen molar-refractivity contribution < 1.29 is 19.4 Å². The topological polar surface area (TPSA) is 71.0 Å². The summed E-state index contributed by atoms with van der Waals surface area (Å²) in [5.41, 5.74) is 0.752. The average molecular weight is 405 g/mol. The molecule has 1 fully saturated rings. The van der Waals surface area contributed by atoms with E-state index >= 15 is 0 Å². The molecule has 2 N–H and O–H groups in total. The third-order valence-electron chi connectivity index (χ3n) is 5.80. The average Bonchev–Trinajstić information content (AvgIpc) is 3.25. The van der Waals surface area contributed by atoms with Gasteiger partial charge in [0.15, 0.2) is 11.5 Å². The number of carbonyl (C=O) groups excluding carboxylic acids is 1. The van der Waals surface area contributed by atoms with Crippen molar-refractivity contribution >= 4 is 5.91 Å². The second-order valence-electron chi connectivity index (χ2n) is 8.19. The Morgan fingerprint density at radius 2 is 1.83 bits per heavy atom. The number of carbonyl (C=O) groups is 1. The maximum absolute atomic E-state index is 12.5. The summed E-state index contributed by atoms with van der Waals surface area (Å²) in [7, 11) is 0. The molecule has 0 saturated carbocycles. The molecule has 29 heavy (non-hydrogen) atoms. The van der Waals surface area contributed by atoms with Crippen LogP contribution in [0.25, 0.3) is 0 Å². The third kappa shape index (κ3) is 6.61. The maximum atomic E-state index is 12.5. The highest BCUT2D eigenvalue weighted by atomic mass is 16.6. The van der Waals surface area contributed by atoms with Crippen LogP contribution in [0.4, 0.5) is 0 Å². The Morgan fingerprint density at radius 1 is 1.10 bits per heavy atom. The van der Waals surface area contributed by atoms with Gasteiger partial charge in [-0.3, -0.25) is 4.79 Å². The monoisotopic (exact) mass is 404 g/mol. The van der Waals surface area contributed by atoms with E-state index in [1.54, 1.807) is 0 Å². The lowest BCUT2D eigenvalue weighted by molar-refractivity contribution is -0.123. The number of nitrogens with one attached hydrogen (secondary N) is 1. The lowest BCUT2D eigenvalue weighted by atomic mass is 10.0. The molecule has 2 aliphatic heterocycles. The van der Waals surface area contributed by atoms with Crippen LogP contribution in [0.15, 0.2) is 18.2 Å². The van der Waals surface area contributed by atoms with Crippen molar-refractivity contribution in [2.45, 2.75) is 70.4 Å². The molecule has 2 atom stereocenters. The normalized spacial score (nSPS) is 18.4. The highest BCUT2D eigenvalue weighted by Crippen LogP contribution is 2.33. The second-order valence-corrected chi connectivity index (χ2v) is 8.19. The Hall–Kier alpha value is -1.79. The highest BCUT2D eigenvalue weighted by Gasteiger charge is 2.27. The Kier molecular flexibility index (Phi) is 8.62. The van der Waals surface area contributed by atoms with Crippen LogP contribution in [0.1, 0.15) is 70.0 Å². The molecule has 0 radical (unpaired) electrons. The lowest BCUT2D eigenvalue weighted by Crippen LogP contribution is -2.46. The lowest BCUT2D eigenvalue weighted by Gasteiger charge is -2.29. The van der Waals surface area contributed by atoms with Crippen LogP contribution in [0.3, 0.4) is 0 Å². The molecule has 2 aliphatic rings. The summed E-state index contributed by atoms with van der Waals surface area (Å²) in [4.78, 5) is 14.9. The number of aliphatic hydroxyl groups is 1. The first-order valence-corrected chi connectivity index (χ1v) is 11.3. The van der Waals surface area contributed by atoms with Crippen molar-refractivity contribution in [1.82, 2.24) is 10.2 Å². The van der Waals surface area contributed by atoms with Crippen LogP contribution in [0.5, 0.6) is 11.5 Å². The number of ether oxygens (including phenoxy) is 2. The standard InChI is InChI=1S/C23H36N2O4/c1-2-3-4-5-6-9-22(26)24-19(17-25-12-7-8-13-25)23(27)18-10-11-20-21(16-18)29-15-14-28-20/h10-11,16,19,23,27H,2-9,12-15,17H2,1H3,(H,24,26)/t19-,23+/m0/s1. The van der Waals surface area contributed by atoms with Gasteiger partial charge < -0.3 is 24.8 Å². The van der Waals surface area contributed by atoms with Gasteiger partial charge in [-0.05, 0) is 50.0 Å². The molecule has 6 heteroatoms. The quantitative estimate of drug-likeness (QED) is 0.553. The van der Waals surface area contributed by atoms with Crippen LogP contribution in [0, 0.1) is 0 Å². The van der Waals surface area contributed by atoms with Gasteiger partial charge in [-0.2, -0.15) is 0 Å². The molecule has 2 heterocycles. The predicted molar refractivity (Wildman–Crippen MR) is 113 cm³/mol. The van der Waals surface area contributed by atoms with E-state index in [-0.39, 0.29) is 11.9 Å². The SMILES string of the molecule is CCCCCCCC(=O)N[C@@H](CN1CCCC1)[C@H](O)c1ccc2c(c1)OCCO2. The van der Waals surface area contributed by atoms with Gasteiger partial charge in [-0.15, -0.1) is 0 Å². The number of likely N-dealkylation sites (tertiary alicyclic amines) is 1. The van der Waals surface area contributed by atoms with E-state index in [0.29, 0.717) is 37.7 Å². The minimum Gasteiger partial charge on any atom is -0.486 e. The van der Waals surface area contributed by atoms with Gasteiger partial charge in [0, 0.05) is 13.0 Å². The van der Waals surface area contributed by atoms with Crippen molar-refractivity contribution in [3.05, 3.63) is 23.8 Å². The molecular weight excluding hydrogens is 368 g/mol. The number of amides is 1. The summed E-state index contributed by atoms with van der Waals surface area (Å²) in [6.45, 7) is 5.96. The first-order valence-electron chi connectivity index (χ1n) is 11.3. The molecule has 162 valence electrons. The molecular formula is C23H36N2O4. The Labute approximate surface area is 174 Å². The zero-order chi connectivity index (χ0) is 20.5. The van der Waals surface area contributed by atoms with Gasteiger partial charge in [0.1, 0.15) is 19.3 Å². The number of hydrogen-bond acceptors (Lipinski definition) is 5. The molecule has 0 bridgehead atoms. The fourth-order valence-electron chi connectivity index (χ4n) is 4.11. The molecule has 6 nitrogen and oxygen atoms in total. The van der Waals surface area contributed by atoms with Gasteiger partial charge in [-0.25, -0.2) is 0 Å². The first kappa shape index (κ1) is 21.9. The van der Waals surface area contributed by atoms with Gasteiger partial charge >= 0.3 is 0 Å². The Bertz CT molecular complexity index is 646. The van der Waals surface area contributed by atoms with E-state index in [9.17, 15) is 9.90 Å². The molecule has 3 rings (SSSR count). The Morgan fingerprint density at radius 3 is 2.59 bits per heavy atom. The summed E-state index contributed by atoms with van der Waals surface area (Å²) in [5, 5.41) is 14.2. The van der Waals surface area contributed by atoms with Crippen LogP contribution in [0.2, 0.25) is 0 Å². The van der Waals surface area contributed by atoms with Crippen molar-refractivity contribution in [3.8, 4) is 11.5 Å². The molecule has 1 aromatic rings. The molecule has 1 saturated heterocycles. The van der Waals surface area contributed by atoms with Crippen LogP contribution in [-0.4, -0.2) is 54.8 Å². The summed E-state index contributed by atoms with van der Waals surface area (Å²) in [6.07, 6.45) is 7.69. The summed E-state index contributed by atoms with van der Waals surface area (Å²) >= 11 is 0. The largest absolute Gasteiger partial charge is 0.486 e. The maximum Gasteiger partial charge on any atom is 0.220 e. The number of benzene rings is 1. The van der Waals surface area contributed by atoms with Crippen LogP contribution in [-0.2, 0) is 4.79 Å². The molecule has 1 aromatic carbocycles. The summed E-state index contributed by atoms with van der Waals surface area (Å²) in [6, 6.07) is 5.22. The smallest absolute Gasteiger partial charge is 0.220 e. The number of aliphatic hydroxyl groups excluding tert-OH is 1. The number of nitrogens with zero attached hydrogens (tertiary/aromatic N) is 1. The minimum atomic E-state index is -0.782. The zero-order valence-corrected chi connectivity index (χ0v) is 17.7. The van der Waals surface area contributed by atoms with E-state index in [1.807, 2.05) is 18.2 Å². The zero-order valence-electron chi connectivity index (χ0n) is 17.7.